The zero-order valence-corrected chi connectivity index (χ0v) is 13.2. The second kappa shape index (κ2) is 5.96. The van der Waals surface area contributed by atoms with Crippen molar-refractivity contribution in [1.82, 2.24) is 9.80 Å². The number of hydrogen-bond donors (Lipinski definition) is 0. The zero-order chi connectivity index (χ0) is 14.9. The van der Waals surface area contributed by atoms with Crippen molar-refractivity contribution in [2.24, 2.45) is 11.8 Å². The van der Waals surface area contributed by atoms with Gasteiger partial charge in [0.15, 0.2) is 0 Å². The molecule has 0 N–H and O–H groups in total. The van der Waals surface area contributed by atoms with Crippen LogP contribution in [0.1, 0.15) is 32.4 Å². The molecule has 0 bridgehead atoms. The number of likely N-dealkylation sites (tertiary alicyclic amines) is 1. The van der Waals surface area contributed by atoms with Crippen LogP contribution in [-0.4, -0.2) is 42.4 Å². The molecule has 0 aromatic heterocycles. The first kappa shape index (κ1) is 15.0. The summed E-state index contributed by atoms with van der Waals surface area (Å²) < 4.78 is 0. The smallest absolute Gasteiger partial charge is 0.240 e. The van der Waals surface area contributed by atoms with E-state index in [2.05, 4.69) is 37.8 Å². The highest BCUT2D eigenvalue weighted by Crippen LogP contribution is 2.33. The molecule has 1 heterocycles. The average molecular weight is 274 g/mol. The zero-order valence-electron chi connectivity index (χ0n) is 13.2. The summed E-state index contributed by atoms with van der Waals surface area (Å²) in [5.41, 5.74) is 1.21. The molecule has 0 spiro atoms. The van der Waals surface area contributed by atoms with E-state index < -0.39 is 0 Å². The molecule has 1 aromatic carbocycles. The lowest BCUT2D eigenvalue weighted by molar-refractivity contribution is -0.133. The van der Waals surface area contributed by atoms with Crippen molar-refractivity contribution in [2.75, 3.05) is 20.6 Å². The number of carbonyl (C=O) groups excluding carboxylic acids is 1. The molecule has 0 radical (unpaired) electrons. The fraction of sp³-hybridized carbons (Fsp3) is 0.588. The van der Waals surface area contributed by atoms with Gasteiger partial charge in [0.25, 0.3) is 0 Å². The Hall–Kier alpha value is -1.35. The molecule has 2 rings (SSSR count). The van der Waals surface area contributed by atoms with Gasteiger partial charge in [0.1, 0.15) is 0 Å². The second-order valence-corrected chi connectivity index (χ2v) is 6.39. The molecule has 0 unspecified atom stereocenters. The van der Waals surface area contributed by atoms with E-state index >= 15 is 0 Å². The summed E-state index contributed by atoms with van der Waals surface area (Å²) in [4.78, 5) is 16.9. The van der Waals surface area contributed by atoms with Crippen molar-refractivity contribution in [3.05, 3.63) is 35.9 Å². The van der Waals surface area contributed by atoms with Crippen LogP contribution in [0.4, 0.5) is 0 Å². The third-order valence-corrected chi connectivity index (χ3v) is 4.51. The molecule has 3 heteroatoms. The molecule has 3 atom stereocenters. The Morgan fingerprint density at radius 2 is 1.75 bits per heavy atom. The number of likely N-dealkylation sites (N-methyl/N-ethyl adjacent to an activating group) is 1. The molecule has 0 aliphatic carbocycles. The fourth-order valence-electron chi connectivity index (χ4n) is 3.21. The summed E-state index contributed by atoms with van der Waals surface area (Å²) in [6.07, 6.45) is 0. The first-order valence-electron chi connectivity index (χ1n) is 7.45. The third-order valence-electron chi connectivity index (χ3n) is 4.51. The number of carbonyl (C=O) groups is 1. The summed E-state index contributed by atoms with van der Waals surface area (Å²) in [6, 6.07) is 10.5. The van der Waals surface area contributed by atoms with Gasteiger partial charge in [-0.25, -0.2) is 0 Å². The standard InChI is InChI=1S/C17H26N2O/c1-12(2)15-11-19(17(20)16(15)18(4)5)13(3)14-9-7-6-8-10-14/h6-10,12-13,15-16H,11H2,1-5H3/t13-,15-,16+/m1/s1. The van der Waals surface area contributed by atoms with Gasteiger partial charge in [0, 0.05) is 12.5 Å². The van der Waals surface area contributed by atoms with Gasteiger partial charge in [-0.15, -0.1) is 0 Å². The van der Waals surface area contributed by atoms with E-state index in [-0.39, 0.29) is 18.0 Å². The molecule has 1 aliphatic rings. The molecular weight excluding hydrogens is 248 g/mol. The van der Waals surface area contributed by atoms with Gasteiger partial charge >= 0.3 is 0 Å². The Balaban J connectivity index is 2.24. The Morgan fingerprint density at radius 3 is 2.20 bits per heavy atom. The van der Waals surface area contributed by atoms with Crippen LogP contribution in [0.15, 0.2) is 30.3 Å². The van der Waals surface area contributed by atoms with E-state index in [1.165, 1.54) is 5.56 Å². The van der Waals surface area contributed by atoms with E-state index in [9.17, 15) is 4.79 Å². The molecule has 1 aliphatic heterocycles. The highest BCUT2D eigenvalue weighted by atomic mass is 16.2. The van der Waals surface area contributed by atoms with E-state index in [1.807, 2.05) is 37.2 Å². The Kier molecular flexibility index (Phi) is 4.48. The first-order chi connectivity index (χ1) is 9.43. The number of nitrogens with zero attached hydrogens (tertiary/aromatic N) is 2. The minimum absolute atomic E-state index is 0.0150. The van der Waals surface area contributed by atoms with E-state index in [1.54, 1.807) is 0 Å². The van der Waals surface area contributed by atoms with Crippen molar-refractivity contribution in [2.45, 2.75) is 32.9 Å². The maximum absolute atomic E-state index is 12.8. The monoisotopic (exact) mass is 274 g/mol. The summed E-state index contributed by atoms with van der Waals surface area (Å²) >= 11 is 0. The van der Waals surface area contributed by atoms with Gasteiger partial charge in [-0.2, -0.15) is 0 Å². The van der Waals surface area contributed by atoms with Gasteiger partial charge < -0.3 is 4.90 Å². The molecule has 1 fully saturated rings. The van der Waals surface area contributed by atoms with Crippen LogP contribution in [0.3, 0.4) is 0 Å². The van der Waals surface area contributed by atoms with Crippen LogP contribution in [0.25, 0.3) is 0 Å². The van der Waals surface area contributed by atoms with Crippen LogP contribution in [0.5, 0.6) is 0 Å². The van der Waals surface area contributed by atoms with Crippen LogP contribution in [0.2, 0.25) is 0 Å². The number of amides is 1. The maximum atomic E-state index is 12.8. The minimum atomic E-state index is 0.0150. The predicted octanol–water partition coefficient (Wildman–Crippen LogP) is 2.79. The van der Waals surface area contributed by atoms with Gasteiger partial charge in [-0.1, -0.05) is 44.2 Å². The maximum Gasteiger partial charge on any atom is 0.240 e. The lowest BCUT2D eigenvalue weighted by Crippen LogP contribution is -2.41. The number of hydrogen-bond acceptors (Lipinski definition) is 2. The molecule has 1 amide bonds. The third kappa shape index (κ3) is 2.73. The quantitative estimate of drug-likeness (QED) is 0.843. The van der Waals surface area contributed by atoms with Crippen molar-refractivity contribution >= 4 is 5.91 Å². The van der Waals surface area contributed by atoms with E-state index in [0.29, 0.717) is 11.8 Å². The van der Waals surface area contributed by atoms with Gasteiger partial charge in [0.05, 0.1) is 12.1 Å². The topological polar surface area (TPSA) is 23.6 Å². The van der Waals surface area contributed by atoms with E-state index in [4.69, 9.17) is 0 Å². The summed E-state index contributed by atoms with van der Waals surface area (Å²) in [5, 5.41) is 0. The lowest BCUT2D eigenvalue weighted by Gasteiger charge is -2.26. The van der Waals surface area contributed by atoms with Crippen LogP contribution in [0, 0.1) is 11.8 Å². The number of rotatable bonds is 4. The fourth-order valence-corrected chi connectivity index (χ4v) is 3.21. The number of benzene rings is 1. The van der Waals surface area contributed by atoms with Gasteiger partial charge in [-0.05, 0) is 32.5 Å². The largest absolute Gasteiger partial charge is 0.334 e. The Bertz CT molecular complexity index is 455. The first-order valence-corrected chi connectivity index (χ1v) is 7.45. The summed E-state index contributed by atoms with van der Waals surface area (Å²) in [6.45, 7) is 7.41. The Morgan fingerprint density at radius 1 is 1.15 bits per heavy atom. The molecule has 110 valence electrons. The normalized spacial score (nSPS) is 24.8. The Labute approximate surface area is 122 Å². The van der Waals surface area contributed by atoms with Crippen LogP contribution >= 0.6 is 0 Å². The molecule has 3 nitrogen and oxygen atoms in total. The van der Waals surface area contributed by atoms with Crippen LogP contribution < -0.4 is 0 Å². The molecular formula is C17H26N2O. The van der Waals surface area contributed by atoms with Crippen molar-refractivity contribution in [1.29, 1.82) is 0 Å². The highest BCUT2D eigenvalue weighted by Gasteiger charge is 2.44. The SMILES string of the molecule is CC(C)[C@H]1CN([C@H](C)c2ccccc2)C(=O)[C@H]1N(C)C. The average Bonchev–Trinajstić information content (AvgIpc) is 2.77. The summed E-state index contributed by atoms with van der Waals surface area (Å²) in [5.74, 6) is 1.19. The van der Waals surface area contributed by atoms with Gasteiger partial charge in [0.2, 0.25) is 5.91 Å². The van der Waals surface area contributed by atoms with Crippen molar-refractivity contribution in [3.8, 4) is 0 Å². The molecule has 1 aromatic rings. The van der Waals surface area contributed by atoms with Crippen LogP contribution in [-0.2, 0) is 4.79 Å². The minimum Gasteiger partial charge on any atom is -0.334 e. The molecule has 0 saturated carbocycles. The highest BCUT2D eigenvalue weighted by molar-refractivity contribution is 5.85. The molecule has 1 saturated heterocycles. The summed E-state index contributed by atoms with van der Waals surface area (Å²) in [7, 11) is 4.02. The molecule has 20 heavy (non-hydrogen) atoms. The predicted molar refractivity (Wildman–Crippen MR) is 82.4 cm³/mol. The van der Waals surface area contributed by atoms with Gasteiger partial charge in [-0.3, -0.25) is 9.69 Å². The second-order valence-electron chi connectivity index (χ2n) is 6.39. The van der Waals surface area contributed by atoms with E-state index in [0.717, 1.165) is 6.54 Å². The lowest BCUT2D eigenvalue weighted by atomic mass is 9.90. The van der Waals surface area contributed by atoms with Crippen molar-refractivity contribution in [3.63, 3.8) is 0 Å². The van der Waals surface area contributed by atoms with Crippen molar-refractivity contribution < 1.29 is 4.79 Å².